The molecule has 28 heavy (non-hydrogen) atoms. The first-order valence-electron chi connectivity index (χ1n) is 8.91. The number of hydrogen-bond acceptors (Lipinski definition) is 6. The largest absolute Gasteiger partial charge is 0.771 e. The molecule has 1 fully saturated rings. The molecule has 2 atom stereocenters. The number of esters is 1. The molecule has 0 aromatic heterocycles. The minimum absolute atomic E-state index is 0.00554. The Hall–Kier alpha value is -1.93. The molecule has 0 N–H and O–H groups in total. The van der Waals surface area contributed by atoms with E-state index < -0.39 is 22.4 Å². The Morgan fingerprint density at radius 3 is 2.43 bits per heavy atom. The van der Waals surface area contributed by atoms with Crippen molar-refractivity contribution in [3.05, 3.63) is 64.7 Å². The van der Waals surface area contributed by atoms with Gasteiger partial charge < -0.3 is 14.0 Å². The van der Waals surface area contributed by atoms with Gasteiger partial charge >= 0.3 is 5.97 Å². The number of halogens is 1. The number of carbonyl (C=O) groups is 1. The van der Waals surface area contributed by atoms with Gasteiger partial charge in [-0.2, -0.15) is 0 Å². The SMILES string of the molecule is COC(=O)c1ccccc1C(N1CCC(Oc2ccc(Cl)cc2)CC1)S(=O)[O-]. The van der Waals surface area contributed by atoms with Crippen LogP contribution in [0.3, 0.4) is 0 Å². The van der Waals surface area contributed by atoms with Gasteiger partial charge in [0.1, 0.15) is 11.9 Å². The van der Waals surface area contributed by atoms with Gasteiger partial charge in [0, 0.05) is 18.1 Å². The van der Waals surface area contributed by atoms with Crippen LogP contribution in [0, 0.1) is 0 Å². The molecular formula is C20H21ClNO5S-. The Labute approximate surface area is 171 Å². The van der Waals surface area contributed by atoms with Crippen LogP contribution in [0.4, 0.5) is 0 Å². The summed E-state index contributed by atoms with van der Waals surface area (Å²) in [5.74, 6) is 0.190. The van der Waals surface area contributed by atoms with E-state index in [0.29, 0.717) is 36.5 Å². The summed E-state index contributed by atoms with van der Waals surface area (Å²) in [6.45, 7) is 1.07. The molecule has 0 bridgehead atoms. The minimum atomic E-state index is -2.42. The van der Waals surface area contributed by atoms with E-state index in [-0.39, 0.29) is 11.7 Å². The van der Waals surface area contributed by atoms with Crippen molar-refractivity contribution in [2.45, 2.75) is 24.3 Å². The highest BCUT2D eigenvalue weighted by atomic mass is 35.5. The Kier molecular flexibility index (Phi) is 7.07. The lowest BCUT2D eigenvalue weighted by molar-refractivity contribution is 0.0594. The third-order valence-electron chi connectivity index (χ3n) is 4.74. The van der Waals surface area contributed by atoms with Gasteiger partial charge in [0.25, 0.3) is 0 Å². The quantitative estimate of drug-likeness (QED) is 0.523. The number of ether oxygens (including phenoxy) is 2. The maximum absolute atomic E-state index is 12.1. The molecule has 0 spiro atoms. The number of methoxy groups -OCH3 is 1. The van der Waals surface area contributed by atoms with Gasteiger partial charge in [-0.3, -0.25) is 9.11 Å². The van der Waals surface area contributed by atoms with Crippen LogP contribution in [0.1, 0.15) is 34.1 Å². The average molecular weight is 423 g/mol. The van der Waals surface area contributed by atoms with E-state index in [1.807, 2.05) is 17.0 Å². The Bertz CT molecular complexity index is 837. The van der Waals surface area contributed by atoms with E-state index in [1.165, 1.54) is 7.11 Å². The molecule has 2 unspecified atom stereocenters. The summed E-state index contributed by atoms with van der Waals surface area (Å²) in [6.07, 6.45) is 1.35. The van der Waals surface area contributed by atoms with Crippen molar-refractivity contribution in [1.82, 2.24) is 4.90 Å². The molecule has 6 nitrogen and oxygen atoms in total. The molecular weight excluding hydrogens is 402 g/mol. The Balaban J connectivity index is 1.71. The number of carbonyl (C=O) groups excluding carboxylic acids is 1. The summed E-state index contributed by atoms with van der Waals surface area (Å²) in [4.78, 5) is 13.9. The number of hydrogen-bond donors (Lipinski definition) is 0. The molecule has 150 valence electrons. The molecule has 0 radical (unpaired) electrons. The summed E-state index contributed by atoms with van der Waals surface area (Å²) < 4.78 is 34.8. The first kappa shape index (κ1) is 20.8. The summed E-state index contributed by atoms with van der Waals surface area (Å²) in [6, 6.07) is 13.8. The van der Waals surface area contributed by atoms with Crippen molar-refractivity contribution < 1.29 is 23.0 Å². The number of likely N-dealkylation sites (tertiary alicyclic amines) is 1. The van der Waals surface area contributed by atoms with Gasteiger partial charge in [-0.25, -0.2) is 4.79 Å². The molecule has 1 saturated heterocycles. The van der Waals surface area contributed by atoms with Gasteiger partial charge in [0.2, 0.25) is 0 Å². The monoisotopic (exact) mass is 422 g/mol. The van der Waals surface area contributed by atoms with E-state index in [4.69, 9.17) is 21.1 Å². The van der Waals surface area contributed by atoms with Crippen molar-refractivity contribution in [3.8, 4) is 5.75 Å². The van der Waals surface area contributed by atoms with E-state index >= 15 is 0 Å². The molecule has 2 aromatic rings. The zero-order valence-electron chi connectivity index (χ0n) is 15.4. The van der Waals surface area contributed by atoms with E-state index in [0.717, 1.165) is 5.75 Å². The van der Waals surface area contributed by atoms with E-state index in [9.17, 15) is 13.6 Å². The summed E-state index contributed by atoms with van der Waals surface area (Å²) in [5, 5.41) is -0.265. The zero-order chi connectivity index (χ0) is 20.1. The van der Waals surface area contributed by atoms with Crippen LogP contribution in [0.25, 0.3) is 0 Å². The number of benzene rings is 2. The molecule has 0 saturated carbocycles. The second kappa shape index (κ2) is 9.52. The first-order valence-corrected chi connectivity index (χ1v) is 10.4. The van der Waals surface area contributed by atoms with Crippen molar-refractivity contribution >= 4 is 28.7 Å². The maximum Gasteiger partial charge on any atom is 0.338 e. The second-order valence-corrected chi connectivity index (χ2v) is 7.90. The first-order chi connectivity index (χ1) is 13.5. The number of nitrogens with zero attached hydrogens (tertiary/aromatic N) is 1. The third kappa shape index (κ3) is 4.91. The molecule has 0 aliphatic carbocycles. The van der Waals surface area contributed by atoms with Crippen LogP contribution in [-0.4, -0.2) is 45.9 Å². The smallest absolute Gasteiger partial charge is 0.338 e. The van der Waals surface area contributed by atoms with Crippen LogP contribution in [0.15, 0.2) is 48.5 Å². The molecule has 0 amide bonds. The molecule has 1 aliphatic heterocycles. The molecule has 1 aliphatic rings. The lowest BCUT2D eigenvalue weighted by atomic mass is 10.0. The van der Waals surface area contributed by atoms with Crippen LogP contribution >= 0.6 is 11.6 Å². The number of rotatable bonds is 6. The highest BCUT2D eigenvalue weighted by molar-refractivity contribution is 7.79. The van der Waals surface area contributed by atoms with Gasteiger partial charge in [-0.1, -0.05) is 29.8 Å². The van der Waals surface area contributed by atoms with Gasteiger partial charge in [-0.15, -0.1) is 0 Å². The lowest BCUT2D eigenvalue weighted by Gasteiger charge is -2.39. The summed E-state index contributed by atoms with van der Waals surface area (Å²) in [7, 11) is 1.28. The predicted octanol–water partition coefficient (Wildman–Crippen LogP) is 3.55. The fourth-order valence-corrected chi connectivity index (χ4v) is 4.36. The highest BCUT2D eigenvalue weighted by Crippen LogP contribution is 2.31. The highest BCUT2D eigenvalue weighted by Gasteiger charge is 2.30. The topological polar surface area (TPSA) is 78.9 Å². The summed E-state index contributed by atoms with van der Waals surface area (Å²) in [5.41, 5.74) is 0.693. The van der Waals surface area contributed by atoms with Crippen molar-refractivity contribution in [2.75, 3.05) is 20.2 Å². The Morgan fingerprint density at radius 1 is 1.18 bits per heavy atom. The third-order valence-corrected chi connectivity index (χ3v) is 5.91. The van der Waals surface area contributed by atoms with E-state index in [2.05, 4.69) is 0 Å². The average Bonchev–Trinajstić information content (AvgIpc) is 2.71. The fourth-order valence-electron chi connectivity index (χ4n) is 3.36. The molecule has 2 aromatic carbocycles. The van der Waals surface area contributed by atoms with Crippen molar-refractivity contribution in [1.29, 1.82) is 0 Å². The van der Waals surface area contributed by atoms with Gasteiger partial charge in [-0.05, 0) is 59.8 Å². The standard InChI is InChI=1S/C20H22ClNO5S/c1-26-20(23)18-5-3-2-4-17(18)19(28(24)25)22-12-10-16(11-13-22)27-15-8-6-14(21)7-9-15/h2-9,16,19H,10-13H2,1H3,(H,24,25)/p-1. The number of piperidine rings is 1. The van der Waals surface area contributed by atoms with Gasteiger partial charge in [0.15, 0.2) is 0 Å². The normalized spacial score (nSPS) is 17.7. The van der Waals surface area contributed by atoms with Crippen LogP contribution in [0.5, 0.6) is 5.75 Å². The zero-order valence-corrected chi connectivity index (χ0v) is 16.9. The fraction of sp³-hybridized carbons (Fsp3) is 0.350. The predicted molar refractivity (Wildman–Crippen MR) is 106 cm³/mol. The summed E-state index contributed by atoms with van der Waals surface area (Å²) >= 11 is 3.47. The molecule has 3 rings (SSSR count). The lowest BCUT2D eigenvalue weighted by Crippen LogP contribution is -2.42. The molecule has 8 heteroatoms. The van der Waals surface area contributed by atoms with Gasteiger partial charge in [0.05, 0.1) is 18.0 Å². The minimum Gasteiger partial charge on any atom is -0.771 e. The van der Waals surface area contributed by atoms with Crippen molar-refractivity contribution in [3.63, 3.8) is 0 Å². The van der Waals surface area contributed by atoms with Crippen LogP contribution < -0.4 is 4.74 Å². The van der Waals surface area contributed by atoms with E-state index in [1.54, 1.807) is 36.4 Å². The van der Waals surface area contributed by atoms with Crippen LogP contribution in [0.2, 0.25) is 5.02 Å². The second-order valence-electron chi connectivity index (χ2n) is 6.50. The van der Waals surface area contributed by atoms with Crippen molar-refractivity contribution in [2.24, 2.45) is 0 Å². The van der Waals surface area contributed by atoms with Crippen LogP contribution in [-0.2, 0) is 15.8 Å². The Morgan fingerprint density at radius 2 is 1.82 bits per heavy atom. The molecule has 1 heterocycles. The maximum atomic E-state index is 12.1.